The molecule has 0 unspecified atom stereocenters. The summed E-state index contributed by atoms with van der Waals surface area (Å²) < 4.78 is 0. The van der Waals surface area contributed by atoms with Gasteiger partial charge in [-0.3, -0.25) is 14.5 Å². The first-order valence-electron chi connectivity index (χ1n) is 9.04. The fourth-order valence-corrected chi connectivity index (χ4v) is 3.90. The van der Waals surface area contributed by atoms with Crippen molar-refractivity contribution in [3.05, 3.63) is 64.2 Å². The molecule has 1 saturated heterocycles. The van der Waals surface area contributed by atoms with Crippen molar-refractivity contribution in [2.75, 3.05) is 11.9 Å². The molecular formula is C21H22ClN3O3. The average Bonchev–Trinajstić information content (AvgIpc) is 2.90. The number of rotatable bonds is 5. The first-order chi connectivity index (χ1) is 13.3. The number of urea groups is 1. The lowest BCUT2D eigenvalue weighted by molar-refractivity contribution is -0.134. The lowest BCUT2D eigenvalue weighted by Crippen LogP contribution is -2.44. The van der Waals surface area contributed by atoms with Crippen LogP contribution in [0.15, 0.2) is 42.5 Å². The first-order valence-corrected chi connectivity index (χ1v) is 9.42. The molecule has 1 aliphatic rings. The highest BCUT2D eigenvalue weighted by Gasteiger charge is 2.51. The maximum absolute atomic E-state index is 13.1. The molecule has 0 aromatic heterocycles. The average molecular weight is 400 g/mol. The van der Waals surface area contributed by atoms with E-state index in [4.69, 9.17) is 11.6 Å². The molecule has 4 amide bonds. The molecule has 7 heteroatoms. The van der Waals surface area contributed by atoms with Crippen molar-refractivity contribution in [1.29, 1.82) is 0 Å². The third-order valence-electron chi connectivity index (χ3n) is 4.97. The van der Waals surface area contributed by atoms with E-state index in [1.807, 2.05) is 45.0 Å². The Morgan fingerprint density at radius 2 is 1.86 bits per heavy atom. The zero-order valence-electron chi connectivity index (χ0n) is 16.0. The largest absolute Gasteiger partial charge is 0.325 e. The van der Waals surface area contributed by atoms with E-state index in [9.17, 15) is 14.4 Å². The minimum absolute atomic E-state index is 0.378. The van der Waals surface area contributed by atoms with E-state index in [0.29, 0.717) is 22.7 Å². The molecular weight excluding hydrogens is 378 g/mol. The van der Waals surface area contributed by atoms with E-state index in [0.717, 1.165) is 16.0 Å². The summed E-state index contributed by atoms with van der Waals surface area (Å²) >= 11 is 6.23. The summed E-state index contributed by atoms with van der Waals surface area (Å²) in [5.74, 6) is -0.926. The molecule has 28 heavy (non-hydrogen) atoms. The fourth-order valence-electron chi connectivity index (χ4n) is 3.53. The summed E-state index contributed by atoms with van der Waals surface area (Å²) in [6.45, 7) is 5.18. The van der Waals surface area contributed by atoms with Gasteiger partial charge in [-0.25, -0.2) is 4.79 Å². The van der Waals surface area contributed by atoms with Gasteiger partial charge in [0.2, 0.25) is 5.91 Å². The Kier molecular flexibility index (Phi) is 5.42. The molecule has 2 aromatic carbocycles. The molecule has 1 fully saturated rings. The molecule has 1 aliphatic heterocycles. The number of hydrogen-bond acceptors (Lipinski definition) is 3. The zero-order valence-corrected chi connectivity index (χ0v) is 16.8. The maximum atomic E-state index is 13.1. The predicted molar refractivity (Wildman–Crippen MR) is 108 cm³/mol. The van der Waals surface area contributed by atoms with Crippen LogP contribution in [-0.2, 0) is 15.1 Å². The first kappa shape index (κ1) is 19.9. The number of benzene rings is 2. The topological polar surface area (TPSA) is 78.5 Å². The number of anilines is 1. The van der Waals surface area contributed by atoms with Crippen molar-refractivity contribution in [3.8, 4) is 0 Å². The van der Waals surface area contributed by atoms with E-state index in [2.05, 4.69) is 10.6 Å². The number of nitrogens with zero attached hydrogens (tertiary/aromatic N) is 1. The highest BCUT2D eigenvalue weighted by molar-refractivity contribution is 6.34. The number of hydrogen-bond donors (Lipinski definition) is 2. The third-order valence-corrected chi connectivity index (χ3v) is 5.27. The van der Waals surface area contributed by atoms with Gasteiger partial charge >= 0.3 is 6.03 Å². The van der Waals surface area contributed by atoms with Crippen molar-refractivity contribution in [2.24, 2.45) is 0 Å². The van der Waals surface area contributed by atoms with E-state index in [1.165, 1.54) is 0 Å². The predicted octanol–water partition coefficient (Wildman–Crippen LogP) is 3.75. The van der Waals surface area contributed by atoms with Gasteiger partial charge in [-0.2, -0.15) is 0 Å². The third kappa shape index (κ3) is 3.47. The molecule has 0 spiro atoms. The monoisotopic (exact) mass is 399 g/mol. The van der Waals surface area contributed by atoms with Crippen molar-refractivity contribution < 1.29 is 14.4 Å². The number of aryl methyl sites for hydroxylation is 2. The minimum atomic E-state index is -1.16. The Balaban J connectivity index is 1.80. The number of imide groups is 1. The Hall–Kier alpha value is -2.86. The highest BCUT2D eigenvalue weighted by Crippen LogP contribution is 2.32. The molecule has 6 nitrogen and oxygen atoms in total. The number of carbonyl (C=O) groups is 3. The lowest BCUT2D eigenvalue weighted by atomic mass is 9.87. The molecule has 2 N–H and O–H groups in total. The van der Waals surface area contributed by atoms with Crippen LogP contribution in [0.2, 0.25) is 5.02 Å². The molecule has 1 heterocycles. The van der Waals surface area contributed by atoms with Crippen LogP contribution in [0, 0.1) is 13.8 Å². The van der Waals surface area contributed by atoms with Gasteiger partial charge in [0.1, 0.15) is 12.1 Å². The van der Waals surface area contributed by atoms with Crippen LogP contribution in [0.1, 0.15) is 30.0 Å². The molecule has 3 rings (SSSR count). The van der Waals surface area contributed by atoms with Crippen LogP contribution in [0.3, 0.4) is 0 Å². The second-order valence-electron chi connectivity index (χ2n) is 6.93. The summed E-state index contributed by atoms with van der Waals surface area (Å²) in [6, 6.07) is 12.1. The fraction of sp³-hybridized carbons (Fsp3) is 0.286. The van der Waals surface area contributed by atoms with E-state index >= 15 is 0 Å². The zero-order chi connectivity index (χ0) is 20.5. The molecule has 0 bridgehead atoms. The smallest absolute Gasteiger partial charge is 0.323 e. The number of halogens is 1. The van der Waals surface area contributed by atoms with Gasteiger partial charge in [0.25, 0.3) is 5.91 Å². The summed E-state index contributed by atoms with van der Waals surface area (Å²) in [7, 11) is 0. The van der Waals surface area contributed by atoms with E-state index in [-0.39, 0.29) is 6.54 Å². The van der Waals surface area contributed by atoms with Crippen LogP contribution in [0.5, 0.6) is 0 Å². The van der Waals surface area contributed by atoms with Gasteiger partial charge < -0.3 is 10.6 Å². The summed E-state index contributed by atoms with van der Waals surface area (Å²) in [5, 5.41) is 5.89. The van der Waals surface area contributed by atoms with Crippen LogP contribution in [0.4, 0.5) is 10.5 Å². The van der Waals surface area contributed by atoms with E-state index in [1.54, 1.807) is 18.2 Å². The second kappa shape index (κ2) is 7.64. The summed E-state index contributed by atoms with van der Waals surface area (Å²) in [6.07, 6.45) is 0.378. The quantitative estimate of drug-likeness (QED) is 0.751. The van der Waals surface area contributed by atoms with Gasteiger partial charge in [-0.15, -0.1) is 0 Å². The highest BCUT2D eigenvalue weighted by atomic mass is 35.5. The molecule has 0 aliphatic carbocycles. The van der Waals surface area contributed by atoms with E-state index < -0.39 is 23.4 Å². The SMILES string of the molecule is CC[C@]1(c2ccccc2)NC(=O)N(CC(=O)Nc2c(C)cc(C)cc2Cl)C1=O. The van der Waals surface area contributed by atoms with Crippen molar-refractivity contribution in [3.63, 3.8) is 0 Å². The van der Waals surface area contributed by atoms with Gasteiger partial charge in [0, 0.05) is 0 Å². The molecule has 0 saturated carbocycles. The van der Waals surface area contributed by atoms with Crippen molar-refractivity contribution in [1.82, 2.24) is 10.2 Å². The van der Waals surface area contributed by atoms with Gasteiger partial charge in [-0.1, -0.05) is 54.9 Å². The number of amides is 4. The number of nitrogens with one attached hydrogen (secondary N) is 2. The lowest BCUT2D eigenvalue weighted by Gasteiger charge is -2.25. The molecule has 146 valence electrons. The van der Waals surface area contributed by atoms with Crippen LogP contribution in [-0.4, -0.2) is 29.3 Å². The second-order valence-corrected chi connectivity index (χ2v) is 7.34. The van der Waals surface area contributed by atoms with Crippen LogP contribution in [0.25, 0.3) is 0 Å². The van der Waals surface area contributed by atoms with Crippen LogP contribution >= 0.6 is 11.6 Å². The van der Waals surface area contributed by atoms with Gasteiger partial charge in [-0.05, 0) is 43.0 Å². The maximum Gasteiger partial charge on any atom is 0.325 e. The van der Waals surface area contributed by atoms with Crippen molar-refractivity contribution >= 4 is 35.1 Å². The Morgan fingerprint density at radius 1 is 1.18 bits per heavy atom. The Morgan fingerprint density at radius 3 is 2.46 bits per heavy atom. The summed E-state index contributed by atoms with van der Waals surface area (Å²) in [4.78, 5) is 39.0. The minimum Gasteiger partial charge on any atom is -0.323 e. The standard InChI is InChI=1S/C21H22ClN3O3/c1-4-21(15-8-6-5-7-9-15)19(27)25(20(28)24-21)12-17(26)23-18-14(3)10-13(2)11-16(18)22/h5-11H,4,12H2,1-3H3,(H,23,26)(H,24,28)/t21-/m1/s1. The Bertz CT molecular complexity index is 922. The molecule has 1 atom stereocenters. The van der Waals surface area contributed by atoms with Crippen molar-refractivity contribution in [2.45, 2.75) is 32.7 Å². The van der Waals surface area contributed by atoms with Gasteiger partial charge in [0.15, 0.2) is 0 Å². The van der Waals surface area contributed by atoms with Gasteiger partial charge in [0.05, 0.1) is 10.7 Å². The molecule has 2 aromatic rings. The molecule has 0 radical (unpaired) electrons. The Labute approximate surface area is 168 Å². The van der Waals surface area contributed by atoms with Crippen LogP contribution < -0.4 is 10.6 Å². The number of carbonyl (C=O) groups excluding carboxylic acids is 3. The summed E-state index contributed by atoms with van der Waals surface area (Å²) in [5.41, 5.74) is 1.80. The normalized spacial score (nSPS) is 18.9.